The third-order valence-electron chi connectivity index (χ3n) is 5.93. The number of para-hydroxylation sites is 2. The lowest BCUT2D eigenvalue weighted by Gasteiger charge is -2.15. The number of anilines is 2. The van der Waals surface area contributed by atoms with Crippen LogP contribution in [0.5, 0.6) is 0 Å². The van der Waals surface area contributed by atoms with Gasteiger partial charge in [-0.25, -0.2) is 0 Å². The lowest BCUT2D eigenvalue weighted by molar-refractivity contribution is -0.116. The minimum atomic E-state index is -0.149. The summed E-state index contributed by atoms with van der Waals surface area (Å²) in [6.45, 7) is 0.945. The number of carbonyl (C=O) groups excluding carboxylic acids is 1. The molecule has 0 saturated heterocycles. The number of amides is 1. The Hall–Kier alpha value is -4.38. The van der Waals surface area contributed by atoms with Gasteiger partial charge in [0.15, 0.2) is 5.43 Å². The van der Waals surface area contributed by atoms with Crippen LogP contribution >= 0.6 is 0 Å². The maximum Gasteiger partial charge on any atom is 0.244 e. The quantitative estimate of drug-likeness (QED) is 0.326. The number of pyridine rings is 1. The van der Waals surface area contributed by atoms with E-state index < -0.39 is 0 Å². The highest BCUT2D eigenvalue weighted by Crippen LogP contribution is 2.20. The highest BCUT2D eigenvalue weighted by atomic mass is 16.2. The summed E-state index contributed by atoms with van der Waals surface area (Å²) in [6, 6.07) is 32.9. The molecule has 0 spiro atoms. The normalized spacial score (nSPS) is 10.9. The Bertz CT molecular complexity index is 1450. The zero-order valence-electron chi connectivity index (χ0n) is 18.7. The van der Waals surface area contributed by atoms with Crippen LogP contribution in [0.2, 0.25) is 0 Å². The molecule has 168 valence electrons. The number of hydrogen-bond acceptors (Lipinski definition) is 3. The van der Waals surface area contributed by atoms with E-state index in [1.54, 1.807) is 0 Å². The molecule has 5 aromatic rings. The molecule has 0 aliphatic carbocycles. The maximum atomic E-state index is 12.9. The molecule has 5 rings (SSSR count). The van der Waals surface area contributed by atoms with E-state index in [0.29, 0.717) is 10.8 Å². The summed E-state index contributed by atoms with van der Waals surface area (Å²) in [5.41, 5.74) is 4.51. The van der Waals surface area contributed by atoms with E-state index in [2.05, 4.69) is 22.8 Å². The number of nitrogens with one attached hydrogen (secondary N) is 2. The first kappa shape index (κ1) is 21.5. The standard InChI is InChI=1S/C29H25N3O2/c33-28(31-23-16-14-22(15-17-23)30-19-18-21-8-2-1-3-9-21)20-32-26-12-6-4-10-24(26)29(34)25-11-5-7-13-27(25)32/h1-17,30H,18-20H2,(H,31,33). The number of aromatic nitrogens is 1. The molecule has 1 aromatic heterocycles. The van der Waals surface area contributed by atoms with Crippen LogP contribution in [0.3, 0.4) is 0 Å². The van der Waals surface area contributed by atoms with Crippen molar-refractivity contribution in [2.24, 2.45) is 0 Å². The van der Waals surface area contributed by atoms with E-state index in [4.69, 9.17) is 0 Å². The zero-order valence-corrected chi connectivity index (χ0v) is 18.7. The largest absolute Gasteiger partial charge is 0.385 e. The molecule has 0 bridgehead atoms. The lowest BCUT2D eigenvalue weighted by Crippen LogP contribution is -2.21. The van der Waals surface area contributed by atoms with Gasteiger partial charge in [-0.2, -0.15) is 0 Å². The second-order valence-corrected chi connectivity index (χ2v) is 8.24. The summed E-state index contributed by atoms with van der Waals surface area (Å²) < 4.78 is 1.90. The van der Waals surface area contributed by atoms with Gasteiger partial charge in [-0.3, -0.25) is 9.59 Å². The minimum Gasteiger partial charge on any atom is -0.385 e. The summed E-state index contributed by atoms with van der Waals surface area (Å²) in [5, 5.41) is 7.61. The molecular formula is C29H25N3O2. The van der Waals surface area contributed by atoms with E-state index >= 15 is 0 Å². The fourth-order valence-electron chi connectivity index (χ4n) is 4.26. The Labute approximate surface area is 197 Å². The van der Waals surface area contributed by atoms with Crippen LogP contribution in [0, 0.1) is 0 Å². The fourth-order valence-corrected chi connectivity index (χ4v) is 4.26. The van der Waals surface area contributed by atoms with Gasteiger partial charge in [0.25, 0.3) is 0 Å². The molecule has 5 heteroatoms. The van der Waals surface area contributed by atoms with Gasteiger partial charge in [-0.1, -0.05) is 54.6 Å². The smallest absolute Gasteiger partial charge is 0.244 e. The van der Waals surface area contributed by atoms with Crippen molar-refractivity contribution in [1.29, 1.82) is 0 Å². The molecule has 34 heavy (non-hydrogen) atoms. The van der Waals surface area contributed by atoms with Gasteiger partial charge >= 0.3 is 0 Å². The van der Waals surface area contributed by atoms with E-state index in [1.807, 2.05) is 95.6 Å². The van der Waals surface area contributed by atoms with Crippen LogP contribution < -0.4 is 16.1 Å². The van der Waals surface area contributed by atoms with Crippen LogP contribution in [-0.4, -0.2) is 17.0 Å². The van der Waals surface area contributed by atoms with Crippen molar-refractivity contribution in [1.82, 2.24) is 4.57 Å². The third-order valence-corrected chi connectivity index (χ3v) is 5.93. The van der Waals surface area contributed by atoms with Crippen molar-refractivity contribution >= 4 is 39.1 Å². The Kier molecular flexibility index (Phi) is 6.08. The van der Waals surface area contributed by atoms with E-state index in [9.17, 15) is 9.59 Å². The van der Waals surface area contributed by atoms with Gasteiger partial charge in [0.05, 0.1) is 11.0 Å². The first-order chi connectivity index (χ1) is 16.7. The monoisotopic (exact) mass is 447 g/mol. The Balaban J connectivity index is 1.29. The van der Waals surface area contributed by atoms with Gasteiger partial charge in [-0.15, -0.1) is 0 Å². The molecule has 0 radical (unpaired) electrons. The molecule has 0 saturated carbocycles. The zero-order chi connectivity index (χ0) is 23.3. The van der Waals surface area contributed by atoms with Gasteiger partial charge in [0, 0.05) is 28.7 Å². The number of rotatable bonds is 7. The molecule has 4 aromatic carbocycles. The van der Waals surface area contributed by atoms with Crippen molar-refractivity contribution in [3.05, 3.63) is 119 Å². The number of carbonyl (C=O) groups is 1. The Morgan fingerprint density at radius 2 is 1.24 bits per heavy atom. The second-order valence-electron chi connectivity index (χ2n) is 8.24. The third kappa shape index (κ3) is 4.55. The van der Waals surface area contributed by atoms with E-state index in [1.165, 1.54) is 5.56 Å². The van der Waals surface area contributed by atoms with Gasteiger partial charge in [-0.05, 0) is 60.5 Å². The molecule has 0 aliphatic rings. The molecular weight excluding hydrogens is 422 g/mol. The Morgan fingerprint density at radius 1 is 0.676 bits per heavy atom. The van der Waals surface area contributed by atoms with Crippen molar-refractivity contribution in [3.8, 4) is 0 Å². The number of fused-ring (bicyclic) bond motifs is 2. The van der Waals surface area contributed by atoms with Gasteiger partial charge in [0.1, 0.15) is 6.54 Å². The van der Waals surface area contributed by atoms with Crippen LogP contribution in [0.1, 0.15) is 5.56 Å². The highest BCUT2D eigenvalue weighted by molar-refractivity contribution is 5.97. The topological polar surface area (TPSA) is 63.1 Å². The first-order valence-electron chi connectivity index (χ1n) is 11.4. The summed E-state index contributed by atoms with van der Waals surface area (Å²) in [6.07, 6.45) is 0.945. The van der Waals surface area contributed by atoms with Crippen LogP contribution in [0.15, 0.2) is 108 Å². The van der Waals surface area contributed by atoms with Crippen molar-refractivity contribution in [2.75, 3.05) is 17.2 Å². The molecule has 5 nitrogen and oxygen atoms in total. The molecule has 2 N–H and O–H groups in total. The predicted octanol–water partition coefficient (Wildman–Crippen LogP) is 5.45. The molecule has 0 aliphatic heterocycles. The Morgan fingerprint density at radius 3 is 1.88 bits per heavy atom. The van der Waals surface area contributed by atoms with Gasteiger partial charge in [0.2, 0.25) is 5.91 Å². The van der Waals surface area contributed by atoms with Crippen LogP contribution in [-0.2, 0) is 17.8 Å². The van der Waals surface area contributed by atoms with E-state index in [0.717, 1.165) is 35.4 Å². The van der Waals surface area contributed by atoms with Crippen LogP contribution in [0.25, 0.3) is 21.8 Å². The summed E-state index contributed by atoms with van der Waals surface area (Å²) >= 11 is 0. The minimum absolute atomic E-state index is 0.0155. The summed E-state index contributed by atoms with van der Waals surface area (Å²) in [5.74, 6) is -0.149. The van der Waals surface area contributed by atoms with E-state index in [-0.39, 0.29) is 17.9 Å². The molecule has 1 heterocycles. The average Bonchev–Trinajstić information content (AvgIpc) is 2.88. The molecule has 1 amide bonds. The SMILES string of the molecule is O=C(Cn1c2ccccc2c(=O)c2ccccc21)Nc1ccc(NCCc2ccccc2)cc1. The first-order valence-corrected chi connectivity index (χ1v) is 11.4. The van der Waals surface area contributed by atoms with Crippen molar-refractivity contribution < 1.29 is 4.79 Å². The molecule has 0 fully saturated rings. The van der Waals surface area contributed by atoms with Crippen LogP contribution in [0.4, 0.5) is 11.4 Å². The van der Waals surface area contributed by atoms with Crippen molar-refractivity contribution in [2.45, 2.75) is 13.0 Å². The highest BCUT2D eigenvalue weighted by Gasteiger charge is 2.13. The molecule has 0 unspecified atom stereocenters. The van der Waals surface area contributed by atoms with Gasteiger partial charge < -0.3 is 15.2 Å². The molecule has 0 atom stereocenters. The summed E-state index contributed by atoms with van der Waals surface area (Å²) in [4.78, 5) is 25.8. The predicted molar refractivity (Wildman–Crippen MR) is 139 cm³/mol. The maximum absolute atomic E-state index is 12.9. The average molecular weight is 448 g/mol. The summed E-state index contributed by atoms with van der Waals surface area (Å²) in [7, 11) is 0. The lowest BCUT2D eigenvalue weighted by atomic mass is 10.1. The fraction of sp³-hybridized carbons (Fsp3) is 0.103. The number of benzene rings is 4. The number of hydrogen-bond donors (Lipinski definition) is 2. The number of nitrogens with zero attached hydrogens (tertiary/aromatic N) is 1. The second kappa shape index (κ2) is 9.63. The van der Waals surface area contributed by atoms with Crippen molar-refractivity contribution in [3.63, 3.8) is 0 Å².